The molecule has 4 rings (SSSR count). The molecule has 0 amide bonds. The number of hydrogen-bond donors (Lipinski definition) is 1. The minimum Gasteiger partial charge on any atom is -0.379 e. The van der Waals surface area contributed by atoms with Crippen molar-refractivity contribution < 1.29 is 13.5 Å². The predicted octanol–water partition coefficient (Wildman–Crippen LogP) is 4.31. The molecule has 1 fully saturated rings. The maximum Gasteiger partial charge on any atom is 0.154 e. The summed E-state index contributed by atoms with van der Waals surface area (Å²) < 4.78 is 34.1. The van der Waals surface area contributed by atoms with Crippen LogP contribution < -0.4 is 5.73 Å². The zero-order valence-electron chi connectivity index (χ0n) is 14.4. The first kappa shape index (κ1) is 17.5. The van der Waals surface area contributed by atoms with Crippen molar-refractivity contribution in [3.8, 4) is 0 Å². The molecule has 3 nitrogen and oxygen atoms in total. The summed E-state index contributed by atoms with van der Waals surface area (Å²) in [5, 5.41) is 0.419. The average Bonchev–Trinajstić information content (AvgIpc) is 2.61. The molecule has 6 heteroatoms. The second-order valence-corrected chi connectivity index (χ2v) is 7.99. The van der Waals surface area contributed by atoms with Crippen LogP contribution in [0.25, 0.3) is 0 Å². The molecule has 0 radical (unpaired) electrons. The highest BCUT2D eigenvalue weighted by atomic mass is 32.2. The van der Waals surface area contributed by atoms with E-state index < -0.39 is 17.2 Å². The highest BCUT2D eigenvalue weighted by Gasteiger charge is 2.49. The molecule has 0 aromatic heterocycles. The molecule has 0 aliphatic carbocycles. The molecule has 2 aliphatic heterocycles. The van der Waals surface area contributed by atoms with Crippen LogP contribution in [0.5, 0.6) is 0 Å². The van der Waals surface area contributed by atoms with Crippen molar-refractivity contribution in [3.05, 3.63) is 70.8 Å². The predicted molar refractivity (Wildman–Crippen MR) is 100 cm³/mol. The van der Waals surface area contributed by atoms with Gasteiger partial charge in [0.25, 0.3) is 0 Å². The van der Waals surface area contributed by atoms with E-state index in [1.54, 1.807) is 0 Å². The first-order chi connectivity index (χ1) is 12.5. The number of aliphatic imine (C=N–C) groups is 1. The van der Waals surface area contributed by atoms with E-state index in [1.807, 2.05) is 6.92 Å². The van der Waals surface area contributed by atoms with Crippen molar-refractivity contribution >= 4 is 16.9 Å². The van der Waals surface area contributed by atoms with Gasteiger partial charge >= 0.3 is 0 Å². The summed E-state index contributed by atoms with van der Waals surface area (Å²) in [7, 11) is 0. The Morgan fingerprint density at radius 1 is 1.19 bits per heavy atom. The van der Waals surface area contributed by atoms with Gasteiger partial charge in [-0.15, -0.1) is 0 Å². The standard InChI is InChI=1S/C20H20F2N2OS/c1-12-2-4-13(5-3-12)18-8-14-10-26-19(23)24-20(14,11-25-18)16-7-6-15(21)9-17(16)22/h2-7,9,14,18H,8,10-11H2,1H3,(H2,23,24)/t14-,18+,20-/m0/s1. The van der Waals surface area contributed by atoms with Gasteiger partial charge in [-0.25, -0.2) is 13.8 Å². The van der Waals surface area contributed by atoms with Crippen LogP contribution in [0.15, 0.2) is 47.5 Å². The van der Waals surface area contributed by atoms with Crippen molar-refractivity contribution in [2.45, 2.75) is 25.0 Å². The Balaban J connectivity index is 1.71. The quantitative estimate of drug-likeness (QED) is 0.852. The Morgan fingerprint density at radius 3 is 2.69 bits per heavy atom. The van der Waals surface area contributed by atoms with Gasteiger partial charge in [-0.2, -0.15) is 0 Å². The number of thioether (sulfide) groups is 1. The van der Waals surface area contributed by atoms with E-state index in [0.29, 0.717) is 17.2 Å². The number of aryl methyl sites for hydroxylation is 1. The van der Waals surface area contributed by atoms with E-state index in [1.165, 1.54) is 29.5 Å². The van der Waals surface area contributed by atoms with Crippen LogP contribution in [0.4, 0.5) is 8.78 Å². The fraction of sp³-hybridized carbons (Fsp3) is 0.350. The number of benzene rings is 2. The Morgan fingerprint density at radius 2 is 1.96 bits per heavy atom. The minimum atomic E-state index is -0.895. The van der Waals surface area contributed by atoms with E-state index in [2.05, 4.69) is 29.3 Å². The minimum absolute atomic E-state index is 0.0554. The molecule has 2 aromatic rings. The summed E-state index contributed by atoms with van der Waals surface area (Å²) in [6.07, 6.45) is 0.649. The van der Waals surface area contributed by atoms with Crippen molar-refractivity contribution in [3.63, 3.8) is 0 Å². The molecule has 2 heterocycles. The van der Waals surface area contributed by atoms with E-state index in [4.69, 9.17) is 10.5 Å². The summed E-state index contributed by atoms with van der Waals surface area (Å²) in [5.74, 6) is -0.413. The molecule has 2 aliphatic rings. The lowest BCUT2D eigenvalue weighted by Crippen LogP contribution is -2.48. The van der Waals surface area contributed by atoms with E-state index in [9.17, 15) is 8.78 Å². The smallest absolute Gasteiger partial charge is 0.154 e. The summed E-state index contributed by atoms with van der Waals surface area (Å²) in [5.41, 5.74) is 7.73. The van der Waals surface area contributed by atoms with Crippen molar-refractivity contribution in [2.24, 2.45) is 16.6 Å². The number of nitrogens with zero attached hydrogens (tertiary/aromatic N) is 1. The molecule has 0 unspecified atom stereocenters. The maximum absolute atomic E-state index is 14.6. The second-order valence-electron chi connectivity index (χ2n) is 6.95. The number of ether oxygens (including phenoxy) is 1. The van der Waals surface area contributed by atoms with Crippen LogP contribution in [0.3, 0.4) is 0 Å². The second kappa shape index (κ2) is 6.67. The van der Waals surface area contributed by atoms with Gasteiger partial charge in [-0.3, -0.25) is 0 Å². The molecule has 0 saturated carbocycles. The molecule has 0 spiro atoms. The number of halogens is 2. The summed E-state index contributed by atoms with van der Waals surface area (Å²) in [6, 6.07) is 11.9. The zero-order chi connectivity index (χ0) is 18.3. The number of amidine groups is 1. The van der Waals surface area contributed by atoms with Gasteiger partial charge in [0, 0.05) is 23.3 Å². The van der Waals surface area contributed by atoms with Crippen LogP contribution in [0.1, 0.15) is 29.2 Å². The van der Waals surface area contributed by atoms with E-state index >= 15 is 0 Å². The highest BCUT2D eigenvalue weighted by molar-refractivity contribution is 8.13. The third-order valence-corrected chi connectivity index (χ3v) is 6.22. The number of fused-ring (bicyclic) bond motifs is 1. The van der Waals surface area contributed by atoms with Crippen LogP contribution in [0.2, 0.25) is 0 Å². The summed E-state index contributed by atoms with van der Waals surface area (Å²) in [6.45, 7) is 2.27. The number of hydrogen-bond acceptors (Lipinski definition) is 4. The lowest BCUT2D eigenvalue weighted by molar-refractivity contribution is -0.0587. The van der Waals surface area contributed by atoms with Gasteiger partial charge in [-0.1, -0.05) is 47.7 Å². The van der Waals surface area contributed by atoms with Gasteiger partial charge in [0.2, 0.25) is 0 Å². The van der Waals surface area contributed by atoms with Crippen LogP contribution in [-0.2, 0) is 10.3 Å². The largest absolute Gasteiger partial charge is 0.379 e. The Labute approximate surface area is 155 Å². The molecule has 2 N–H and O–H groups in total. The molecular formula is C20H20F2N2OS. The lowest BCUT2D eigenvalue weighted by Gasteiger charge is -2.46. The van der Waals surface area contributed by atoms with Crippen molar-refractivity contribution in [2.75, 3.05) is 12.4 Å². The maximum atomic E-state index is 14.6. The van der Waals surface area contributed by atoms with E-state index in [0.717, 1.165) is 17.4 Å². The van der Waals surface area contributed by atoms with Gasteiger partial charge in [0.15, 0.2) is 5.17 Å². The Hall–Kier alpha value is -1.92. The fourth-order valence-corrected chi connectivity index (χ4v) is 4.83. The van der Waals surface area contributed by atoms with Crippen LogP contribution >= 0.6 is 11.8 Å². The Kier molecular flexibility index (Phi) is 4.49. The molecular weight excluding hydrogens is 354 g/mol. The van der Waals surface area contributed by atoms with E-state index in [-0.39, 0.29) is 18.6 Å². The van der Waals surface area contributed by atoms with Crippen molar-refractivity contribution in [1.82, 2.24) is 0 Å². The number of rotatable bonds is 2. The van der Waals surface area contributed by atoms with Gasteiger partial charge in [-0.05, 0) is 25.0 Å². The molecule has 136 valence electrons. The number of nitrogens with two attached hydrogens (primary N) is 1. The lowest BCUT2D eigenvalue weighted by atomic mass is 9.74. The molecule has 2 aromatic carbocycles. The highest BCUT2D eigenvalue weighted by Crippen LogP contribution is 2.49. The van der Waals surface area contributed by atoms with Gasteiger partial charge < -0.3 is 10.5 Å². The third-order valence-electron chi connectivity index (χ3n) is 5.27. The normalized spacial score (nSPS) is 28.3. The first-order valence-corrected chi connectivity index (χ1v) is 9.58. The topological polar surface area (TPSA) is 47.6 Å². The SMILES string of the molecule is Cc1ccc([C@H]2C[C@H]3CSC(N)=N[C@@]3(c3ccc(F)cc3F)CO2)cc1. The third kappa shape index (κ3) is 3.01. The van der Waals surface area contributed by atoms with Gasteiger partial charge in [0.1, 0.15) is 17.2 Å². The van der Waals surface area contributed by atoms with Crippen LogP contribution in [0, 0.1) is 24.5 Å². The monoisotopic (exact) mass is 374 g/mol. The fourth-order valence-electron chi connectivity index (χ4n) is 3.82. The van der Waals surface area contributed by atoms with Gasteiger partial charge in [0.05, 0.1) is 12.7 Å². The molecule has 1 saturated heterocycles. The Bertz CT molecular complexity index is 855. The molecule has 26 heavy (non-hydrogen) atoms. The first-order valence-electron chi connectivity index (χ1n) is 8.60. The zero-order valence-corrected chi connectivity index (χ0v) is 15.2. The molecule has 0 bridgehead atoms. The molecule has 3 atom stereocenters. The summed E-state index contributed by atoms with van der Waals surface area (Å²) >= 11 is 1.48. The average molecular weight is 374 g/mol. The van der Waals surface area contributed by atoms with Crippen molar-refractivity contribution in [1.29, 1.82) is 0 Å². The summed E-state index contributed by atoms with van der Waals surface area (Å²) in [4.78, 5) is 4.61. The van der Waals surface area contributed by atoms with Crippen LogP contribution in [-0.4, -0.2) is 17.5 Å².